The standard InChI is InChI=1S/C17H12F2N4O/c1-10-6-12(11-2-4-14(5-3-11)24-17(18)19)8-13(7-10)16-15(9-20)21-23-22-16/h2-8,17H,1H3,(H,21,22,23). The Morgan fingerprint density at radius 1 is 1.08 bits per heavy atom. The second-order valence-electron chi connectivity index (χ2n) is 5.14. The number of hydrogen-bond donors (Lipinski definition) is 1. The summed E-state index contributed by atoms with van der Waals surface area (Å²) in [5.74, 6) is 0.102. The lowest BCUT2D eigenvalue weighted by Gasteiger charge is -2.08. The molecule has 0 bridgehead atoms. The van der Waals surface area contributed by atoms with Crippen molar-refractivity contribution in [2.24, 2.45) is 0 Å². The zero-order chi connectivity index (χ0) is 17.1. The van der Waals surface area contributed by atoms with Crippen LogP contribution in [0.1, 0.15) is 11.3 Å². The number of H-pyrrole nitrogens is 1. The maximum atomic E-state index is 12.2. The number of halogens is 2. The molecule has 0 aliphatic carbocycles. The zero-order valence-electron chi connectivity index (χ0n) is 12.6. The molecule has 3 aromatic rings. The van der Waals surface area contributed by atoms with Gasteiger partial charge in [-0.15, -0.1) is 5.10 Å². The summed E-state index contributed by atoms with van der Waals surface area (Å²) in [6.45, 7) is -0.925. The van der Waals surface area contributed by atoms with Crippen molar-refractivity contribution in [2.75, 3.05) is 0 Å². The summed E-state index contributed by atoms with van der Waals surface area (Å²) in [5.41, 5.74) is 4.20. The molecule has 0 spiro atoms. The van der Waals surface area contributed by atoms with Crippen LogP contribution in [0.5, 0.6) is 5.75 Å². The highest BCUT2D eigenvalue weighted by molar-refractivity contribution is 5.74. The second kappa shape index (κ2) is 6.46. The fraction of sp³-hybridized carbons (Fsp3) is 0.118. The molecule has 0 unspecified atom stereocenters. The van der Waals surface area contributed by atoms with Crippen LogP contribution in [0.25, 0.3) is 22.4 Å². The predicted octanol–water partition coefficient (Wildman–Crippen LogP) is 3.92. The Kier molecular flexibility index (Phi) is 4.20. The summed E-state index contributed by atoms with van der Waals surface area (Å²) < 4.78 is 28.8. The van der Waals surface area contributed by atoms with Crippen molar-refractivity contribution < 1.29 is 13.5 Å². The van der Waals surface area contributed by atoms with E-state index in [1.165, 1.54) is 12.1 Å². The molecule has 0 radical (unpaired) electrons. The Morgan fingerprint density at radius 2 is 1.79 bits per heavy atom. The lowest BCUT2D eigenvalue weighted by atomic mass is 9.98. The summed E-state index contributed by atoms with van der Waals surface area (Å²) in [4.78, 5) is 0. The van der Waals surface area contributed by atoms with Crippen LogP contribution in [0.2, 0.25) is 0 Å². The number of aromatic nitrogens is 3. The lowest BCUT2D eigenvalue weighted by Crippen LogP contribution is -2.01. The first kappa shape index (κ1) is 15.6. The molecule has 1 heterocycles. The molecule has 120 valence electrons. The van der Waals surface area contributed by atoms with E-state index < -0.39 is 6.61 Å². The van der Waals surface area contributed by atoms with E-state index >= 15 is 0 Å². The number of alkyl halides is 2. The summed E-state index contributed by atoms with van der Waals surface area (Å²) in [6.07, 6.45) is 0. The molecule has 0 atom stereocenters. The van der Waals surface area contributed by atoms with Crippen molar-refractivity contribution in [3.05, 3.63) is 53.7 Å². The average molecular weight is 326 g/mol. The first-order valence-electron chi connectivity index (χ1n) is 7.05. The molecule has 0 saturated carbocycles. The van der Waals surface area contributed by atoms with Crippen LogP contribution in [0.15, 0.2) is 42.5 Å². The zero-order valence-corrected chi connectivity index (χ0v) is 12.6. The molecule has 0 aliphatic heterocycles. The van der Waals surface area contributed by atoms with Gasteiger partial charge in [0.1, 0.15) is 17.5 Å². The molecule has 0 fully saturated rings. The smallest absolute Gasteiger partial charge is 0.387 e. The third-order valence-corrected chi connectivity index (χ3v) is 3.42. The van der Waals surface area contributed by atoms with E-state index in [9.17, 15) is 8.78 Å². The van der Waals surface area contributed by atoms with Gasteiger partial charge in [-0.3, -0.25) is 0 Å². The van der Waals surface area contributed by atoms with Gasteiger partial charge in [-0.25, -0.2) is 5.10 Å². The van der Waals surface area contributed by atoms with Crippen LogP contribution in [0.4, 0.5) is 8.78 Å². The number of benzene rings is 2. The van der Waals surface area contributed by atoms with Crippen LogP contribution in [0, 0.1) is 18.3 Å². The van der Waals surface area contributed by atoms with Crippen LogP contribution in [-0.2, 0) is 0 Å². The van der Waals surface area contributed by atoms with Crippen LogP contribution < -0.4 is 4.74 Å². The van der Waals surface area contributed by atoms with E-state index in [1.807, 2.05) is 31.2 Å². The van der Waals surface area contributed by atoms with Crippen molar-refractivity contribution >= 4 is 0 Å². The first-order chi connectivity index (χ1) is 11.6. The summed E-state index contributed by atoms with van der Waals surface area (Å²) in [7, 11) is 0. The van der Waals surface area contributed by atoms with E-state index in [0.29, 0.717) is 5.69 Å². The van der Waals surface area contributed by atoms with Crippen molar-refractivity contribution in [1.82, 2.24) is 15.4 Å². The number of rotatable bonds is 4. The topological polar surface area (TPSA) is 74.6 Å². The van der Waals surface area contributed by atoms with Gasteiger partial charge in [-0.05, 0) is 47.9 Å². The number of ether oxygens (including phenoxy) is 1. The highest BCUT2D eigenvalue weighted by Gasteiger charge is 2.12. The molecule has 3 rings (SSSR count). The average Bonchev–Trinajstić information content (AvgIpc) is 3.03. The molecule has 24 heavy (non-hydrogen) atoms. The molecule has 5 nitrogen and oxygen atoms in total. The first-order valence-corrected chi connectivity index (χ1v) is 7.05. The quantitative estimate of drug-likeness (QED) is 0.788. The molecule has 0 saturated heterocycles. The Bertz CT molecular complexity index is 898. The van der Waals surface area contributed by atoms with Gasteiger partial charge in [0.05, 0.1) is 0 Å². The summed E-state index contributed by atoms with van der Waals surface area (Å²) in [5, 5.41) is 19.2. The minimum absolute atomic E-state index is 0.102. The third kappa shape index (κ3) is 3.22. The van der Waals surface area contributed by atoms with Gasteiger partial charge in [0.15, 0.2) is 5.69 Å². The van der Waals surface area contributed by atoms with E-state index in [4.69, 9.17) is 5.26 Å². The largest absolute Gasteiger partial charge is 0.435 e. The van der Waals surface area contributed by atoms with E-state index in [2.05, 4.69) is 20.1 Å². The Balaban J connectivity index is 1.99. The SMILES string of the molecule is Cc1cc(-c2ccc(OC(F)F)cc2)cc(-c2nn[nH]c2C#N)c1. The third-order valence-electron chi connectivity index (χ3n) is 3.42. The minimum atomic E-state index is -2.85. The predicted molar refractivity (Wildman–Crippen MR) is 83.3 cm³/mol. The number of nitrogens with one attached hydrogen (secondary N) is 1. The molecule has 7 heteroatoms. The van der Waals surface area contributed by atoms with Gasteiger partial charge in [-0.1, -0.05) is 23.4 Å². The highest BCUT2D eigenvalue weighted by atomic mass is 19.3. The molecule has 2 aromatic carbocycles. The Morgan fingerprint density at radius 3 is 2.46 bits per heavy atom. The minimum Gasteiger partial charge on any atom is -0.435 e. The van der Waals surface area contributed by atoms with Crippen molar-refractivity contribution in [1.29, 1.82) is 5.26 Å². The van der Waals surface area contributed by atoms with Gasteiger partial charge in [-0.2, -0.15) is 14.0 Å². The number of hydrogen-bond acceptors (Lipinski definition) is 4. The summed E-state index contributed by atoms with van der Waals surface area (Å²) >= 11 is 0. The van der Waals surface area contributed by atoms with Crippen LogP contribution in [0.3, 0.4) is 0 Å². The van der Waals surface area contributed by atoms with E-state index in [1.54, 1.807) is 12.1 Å². The van der Waals surface area contributed by atoms with Gasteiger partial charge >= 0.3 is 6.61 Å². The molecular formula is C17H12F2N4O. The monoisotopic (exact) mass is 326 g/mol. The molecule has 1 N–H and O–H groups in total. The van der Waals surface area contributed by atoms with E-state index in [0.717, 1.165) is 22.3 Å². The van der Waals surface area contributed by atoms with E-state index in [-0.39, 0.29) is 11.4 Å². The van der Waals surface area contributed by atoms with Gasteiger partial charge in [0, 0.05) is 5.56 Å². The number of nitriles is 1. The second-order valence-corrected chi connectivity index (χ2v) is 5.14. The molecule has 1 aromatic heterocycles. The number of aromatic amines is 1. The number of aryl methyl sites for hydroxylation is 1. The van der Waals surface area contributed by atoms with Crippen LogP contribution in [-0.4, -0.2) is 22.0 Å². The van der Waals surface area contributed by atoms with Crippen LogP contribution >= 0.6 is 0 Å². The maximum absolute atomic E-state index is 12.2. The lowest BCUT2D eigenvalue weighted by molar-refractivity contribution is -0.0498. The fourth-order valence-corrected chi connectivity index (χ4v) is 2.42. The normalized spacial score (nSPS) is 10.6. The number of nitrogens with zero attached hydrogens (tertiary/aromatic N) is 3. The van der Waals surface area contributed by atoms with Crippen molar-refractivity contribution in [3.63, 3.8) is 0 Å². The van der Waals surface area contributed by atoms with Gasteiger partial charge in [0.25, 0.3) is 0 Å². The molecule has 0 amide bonds. The fourth-order valence-electron chi connectivity index (χ4n) is 2.42. The Labute approximate surface area is 136 Å². The summed E-state index contributed by atoms with van der Waals surface area (Å²) in [6, 6.07) is 14.1. The van der Waals surface area contributed by atoms with Gasteiger partial charge < -0.3 is 4.74 Å². The van der Waals surface area contributed by atoms with Gasteiger partial charge in [0.2, 0.25) is 0 Å². The van der Waals surface area contributed by atoms with Crippen molar-refractivity contribution in [2.45, 2.75) is 13.5 Å². The van der Waals surface area contributed by atoms with Crippen molar-refractivity contribution in [3.8, 4) is 34.2 Å². The maximum Gasteiger partial charge on any atom is 0.387 e. The Hall–Kier alpha value is -3.27. The molecular weight excluding hydrogens is 314 g/mol. The molecule has 0 aliphatic rings. The highest BCUT2D eigenvalue weighted by Crippen LogP contribution is 2.29.